The molecular weight excluding hydrogens is 273 g/mol. The first-order valence-electron chi connectivity index (χ1n) is 4.98. The van der Waals surface area contributed by atoms with E-state index in [9.17, 15) is 4.39 Å². The fourth-order valence-electron chi connectivity index (χ4n) is 1.45. The van der Waals surface area contributed by atoms with Crippen molar-refractivity contribution in [3.8, 4) is 5.75 Å². The monoisotopic (exact) mass is 283 g/mol. The van der Waals surface area contributed by atoms with Crippen LogP contribution in [-0.2, 0) is 0 Å². The number of pyridine rings is 1. The van der Waals surface area contributed by atoms with Gasteiger partial charge in [0, 0.05) is 22.1 Å². The summed E-state index contributed by atoms with van der Waals surface area (Å²) in [5.74, 6) is -0.113. The lowest BCUT2D eigenvalue weighted by molar-refractivity contribution is 0.231. The molecule has 0 aliphatic heterocycles. The number of aromatic nitrogens is 1. The zero-order valence-corrected chi connectivity index (χ0v) is 10.6. The Morgan fingerprint density at radius 2 is 2.06 bits per heavy atom. The Hall–Kier alpha value is -1.16. The summed E-state index contributed by atoms with van der Waals surface area (Å²) in [6, 6.07) is 4.94. The van der Waals surface area contributed by atoms with Crippen molar-refractivity contribution in [2.75, 3.05) is 0 Å². The molecule has 1 heterocycles. The second-order valence-corrected chi connectivity index (χ2v) is 4.71. The van der Waals surface area contributed by atoms with E-state index in [1.165, 1.54) is 6.07 Å². The number of fused-ring (bicyclic) bond motifs is 1. The van der Waals surface area contributed by atoms with Gasteiger partial charge in [0.05, 0.1) is 11.6 Å². The summed E-state index contributed by atoms with van der Waals surface area (Å²) in [6.45, 7) is 3.73. The SMILES string of the molecule is CC(C)Oc1cc2cc(Br)cnc2cc1F. The third-order valence-electron chi connectivity index (χ3n) is 2.06. The molecule has 0 fully saturated rings. The first-order chi connectivity index (χ1) is 7.56. The lowest BCUT2D eigenvalue weighted by atomic mass is 10.2. The topological polar surface area (TPSA) is 22.1 Å². The molecule has 1 aromatic carbocycles. The van der Waals surface area contributed by atoms with Gasteiger partial charge in [-0.2, -0.15) is 0 Å². The molecule has 84 valence electrons. The van der Waals surface area contributed by atoms with Crippen LogP contribution in [0.2, 0.25) is 0 Å². The van der Waals surface area contributed by atoms with E-state index in [-0.39, 0.29) is 17.7 Å². The van der Waals surface area contributed by atoms with Crippen LogP contribution < -0.4 is 4.74 Å². The van der Waals surface area contributed by atoms with Crippen LogP contribution >= 0.6 is 15.9 Å². The summed E-state index contributed by atoms with van der Waals surface area (Å²) >= 11 is 3.33. The lowest BCUT2D eigenvalue weighted by Crippen LogP contribution is -2.06. The Morgan fingerprint density at radius 3 is 2.75 bits per heavy atom. The summed E-state index contributed by atoms with van der Waals surface area (Å²) in [5.41, 5.74) is 0.622. The largest absolute Gasteiger partial charge is 0.488 e. The molecule has 0 amide bonds. The van der Waals surface area contributed by atoms with E-state index in [4.69, 9.17) is 4.74 Å². The zero-order chi connectivity index (χ0) is 11.7. The van der Waals surface area contributed by atoms with Gasteiger partial charge in [0.15, 0.2) is 11.6 Å². The minimum absolute atomic E-state index is 0.0490. The van der Waals surface area contributed by atoms with Crippen molar-refractivity contribution < 1.29 is 9.13 Å². The normalized spacial score (nSPS) is 11.1. The van der Waals surface area contributed by atoms with Crippen LogP contribution in [0.3, 0.4) is 0 Å². The smallest absolute Gasteiger partial charge is 0.167 e. The first kappa shape index (κ1) is 11.3. The molecule has 4 heteroatoms. The number of hydrogen-bond donors (Lipinski definition) is 0. The fourth-order valence-corrected chi connectivity index (χ4v) is 1.80. The molecule has 0 aliphatic carbocycles. The molecule has 0 bridgehead atoms. The van der Waals surface area contributed by atoms with Crippen molar-refractivity contribution in [1.82, 2.24) is 4.98 Å². The number of halogens is 2. The number of ether oxygens (including phenoxy) is 1. The number of rotatable bonds is 2. The Morgan fingerprint density at radius 1 is 1.31 bits per heavy atom. The molecule has 0 saturated carbocycles. The summed E-state index contributed by atoms with van der Waals surface area (Å²) in [5, 5.41) is 0.853. The quantitative estimate of drug-likeness (QED) is 0.833. The Labute approximate surface area is 102 Å². The van der Waals surface area contributed by atoms with Gasteiger partial charge in [0.1, 0.15) is 0 Å². The van der Waals surface area contributed by atoms with Crippen molar-refractivity contribution in [2.45, 2.75) is 20.0 Å². The van der Waals surface area contributed by atoms with Gasteiger partial charge in [-0.3, -0.25) is 4.98 Å². The maximum absolute atomic E-state index is 13.6. The average molecular weight is 284 g/mol. The van der Waals surface area contributed by atoms with E-state index in [0.717, 1.165) is 9.86 Å². The molecule has 1 aromatic heterocycles. The van der Waals surface area contributed by atoms with E-state index >= 15 is 0 Å². The Kier molecular flexibility index (Phi) is 3.10. The molecular formula is C12H11BrFNO. The van der Waals surface area contributed by atoms with Gasteiger partial charge in [-0.1, -0.05) is 0 Å². The molecule has 0 atom stereocenters. The number of hydrogen-bond acceptors (Lipinski definition) is 2. The van der Waals surface area contributed by atoms with Crippen molar-refractivity contribution in [3.63, 3.8) is 0 Å². The molecule has 2 aromatic rings. The van der Waals surface area contributed by atoms with Crippen LogP contribution in [0.15, 0.2) is 28.9 Å². The maximum atomic E-state index is 13.6. The lowest BCUT2D eigenvalue weighted by Gasteiger charge is -2.11. The predicted molar refractivity (Wildman–Crippen MR) is 65.2 cm³/mol. The molecule has 0 saturated heterocycles. The highest BCUT2D eigenvalue weighted by atomic mass is 79.9. The highest BCUT2D eigenvalue weighted by Crippen LogP contribution is 2.26. The van der Waals surface area contributed by atoms with Crippen LogP contribution in [0.1, 0.15) is 13.8 Å². The molecule has 0 radical (unpaired) electrons. The minimum atomic E-state index is -0.379. The third kappa shape index (κ3) is 2.32. The van der Waals surface area contributed by atoms with Crippen molar-refractivity contribution in [3.05, 3.63) is 34.7 Å². The van der Waals surface area contributed by atoms with Crippen molar-refractivity contribution in [2.24, 2.45) is 0 Å². The zero-order valence-electron chi connectivity index (χ0n) is 9.00. The second kappa shape index (κ2) is 4.37. The molecule has 0 N–H and O–H groups in total. The van der Waals surface area contributed by atoms with Crippen LogP contribution in [-0.4, -0.2) is 11.1 Å². The van der Waals surface area contributed by atoms with Crippen LogP contribution in [0.5, 0.6) is 5.75 Å². The summed E-state index contributed by atoms with van der Waals surface area (Å²) in [6.07, 6.45) is 1.59. The van der Waals surface area contributed by atoms with Gasteiger partial charge in [0.2, 0.25) is 0 Å². The second-order valence-electron chi connectivity index (χ2n) is 3.80. The molecule has 0 aliphatic rings. The minimum Gasteiger partial charge on any atom is -0.488 e. The van der Waals surface area contributed by atoms with E-state index in [1.54, 1.807) is 12.3 Å². The summed E-state index contributed by atoms with van der Waals surface area (Å²) in [7, 11) is 0. The maximum Gasteiger partial charge on any atom is 0.167 e. The van der Waals surface area contributed by atoms with Gasteiger partial charge in [-0.05, 0) is 41.9 Å². The first-order valence-corrected chi connectivity index (χ1v) is 5.77. The highest BCUT2D eigenvalue weighted by molar-refractivity contribution is 9.10. The highest BCUT2D eigenvalue weighted by Gasteiger charge is 2.08. The summed E-state index contributed by atoms with van der Waals surface area (Å²) < 4.78 is 19.8. The molecule has 0 spiro atoms. The van der Waals surface area contributed by atoms with E-state index in [1.807, 2.05) is 19.9 Å². The number of benzene rings is 1. The average Bonchev–Trinajstić information content (AvgIpc) is 2.19. The summed E-state index contributed by atoms with van der Waals surface area (Å²) in [4.78, 5) is 4.12. The van der Waals surface area contributed by atoms with E-state index in [0.29, 0.717) is 5.52 Å². The van der Waals surface area contributed by atoms with Crippen LogP contribution in [0, 0.1) is 5.82 Å². The number of nitrogens with zero attached hydrogens (tertiary/aromatic N) is 1. The molecule has 2 rings (SSSR count). The van der Waals surface area contributed by atoms with Crippen LogP contribution in [0.25, 0.3) is 10.9 Å². The molecule has 0 unspecified atom stereocenters. The van der Waals surface area contributed by atoms with Crippen molar-refractivity contribution in [1.29, 1.82) is 0 Å². The van der Waals surface area contributed by atoms with E-state index in [2.05, 4.69) is 20.9 Å². The van der Waals surface area contributed by atoms with Gasteiger partial charge >= 0.3 is 0 Å². The third-order valence-corrected chi connectivity index (χ3v) is 2.50. The van der Waals surface area contributed by atoms with Gasteiger partial charge in [-0.15, -0.1) is 0 Å². The Bertz CT molecular complexity index is 528. The standard InChI is InChI=1S/C12H11BrFNO/c1-7(2)16-12-4-8-3-9(13)6-15-11(8)5-10(12)14/h3-7H,1-2H3. The fraction of sp³-hybridized carbons (Fsp3) is 0.250. The van der Waals surface area contributed by atoms with Gasteiger partial charge < -0.3 is 4.74 Å². The van der Waals surface area contributed by atoms with E-state index < -0.39 is 0 Å². The van der Waals surface area contributed by atoms with Crippen LogP contribution in [0.4, 0.5) is 4.39 Å². The molecule has 2 nitrogen and oxygen atoms in total. The van der Waals surface area contributed by atoms with Crippen molar-refractivity contribution >= 4 is 26.8 Å². The molecule has 16 heavy (non-hydrogen) atoms. The predicted octanol–water partition coefficient (Wildman–Crippen LogP) is 3.92. The van der Waals surface area contributed by atoms with Gasteiger partial charge in [-0.25, -0.2) is 4.39 Å². The van der Waals surface area contributed by atoms with Gasteiger partial charge in [0.25, 0.3) is 0 Å². The Balaban J connectivity index is 2.55.